The van der Waals surface area contributed by atoms with E-state index in [1.807, 2.05) is 18.2 Å². The van der Waals surface area contributed by atoms with Crippen LogP contribution in [-0.2, 0) is 10.0 Å². The first kappa shape index (κ1) is 10.2. The second-order valence-corrected chi connectivity index (χ2v) is 5.29. The Balaban J connectivity index is 2.52. The molecule has 1 aromatic carbocycles. The number of nitrogens with zero attached hydrogens (tertiary/aromatic N) is 1. The normalized spacial score (nSPS) is 12.3. The molecule has 86 valence electrons. The molecule has 3 N–H and O–H groups in total. The maximum Gasteiger partial charge on any atom is 0.240 e. The Kier molecular flexibility index (Phi) is 1.98. The van der Waals surface area contributed by atoms with Gasteiger partial charge in [0.2, 0.25) is 10.0 Å². The van der Waals surface area contributed by atoms with Crippen LogP contribution in [0.3, 0.4) is 0 Å². The largest absolute Gasteiger partial charge is 0.359 e. The Morgan fingerprint density at radius 3 is 2.82 bits per heavy atom. The van der Waals surface area contributed by atoms with Gasteiger partial charge in [-0.1, -0.05) is 18.2 Å². The predicted molar refractivity (Wildman–Crippen MR) is 65.0 cm³/mol. The van der Waals surface area contributed by atoms with Crippen LogP contribution in [0, 0.1) is 0 Å². The lowest BCUT2D eigenvalue weighted by atomic mass is 10.1. The van der Waals surface area contributed by atoms with Gasteiger partial charge in [0.25, 0.3) is 0 Å². The monoisotopic (exact) mass is 247 g/mol. The van der Waals surface area contributed by atoms with E-state index >= 15 is 0 Å². The van der Waals surface area contributed by atoms with Gasteiger partial charge in [-0.05, 0) is 6.07 Å². The van der Waals surface area contributed by atoms with Gasteiger partial charge in [0.15, 0.2) is 0 Å². The molecular weight excluding hydrogens is 238 g/mol. The molecule has 3 rings (SSSR count). The molecule has 0 atom stereocenters. The number of nitrogens with one attached hydrogen (secondary N) is 1. The summed E-state index contributed by atoms with van der Waals surface area (Å²) in [6, 6.07) is 7.36. The number of aromatic nitrogens is 2. The molecule has 0 saturated heterocycles. The number of aromatic amines is 1. The van der Waals surface area contributed by atoms with E-state index in [4.69, 9.17) is 5.14 Å². The number of rotatable bonds is 1. The minimum Gasteiger partial charge on any atom is -0.359 e. The fourth-order valence-electron chi connectivity index (χ4n) is 1.93. The molecule has 0 aliphatic heterocycles. The molecule has 0 spiro atoms. The summed E-state index contributed by atoms with van der Waals surface area (Å²) in [5.74, 6) is 0. The molecular formula is C11H9N3O2S. The number of nitrogens with two attached hydrogens (primary N) is 1. The summed E-state index contributed by atoms with van der Waals surface area (Å²) < 4.78 is 22.7. The van der Waals surface area contributed by atoms with Crippen LogP contribution in [0.25, 0.3) is 21.8 Å². The van der Waals surface area contributed by atoms with Crippen LogP contribution in [0.2, 0.25) is 0 Å². The zero-order valence-corrected chi connectivity index (χ0v) is 9.53. The highest BCUT2D eigenvalue weighted by Gasteiger charge is 2.16. The SMILES string of the molecule is NS(=O)(=O)c1cnc2c1ccc1ccc[nH]c12. The summed E-state index contributed by atoms with van der Waals surface area (Å²) in [5.41, 5.74) is 1.42. The Hall–Kier alpha value is -1.92. The Morgan fingerprint density at radius 2 is 2.06 bits per heavy atom. The molecule has 3 aromatic rings. The smallest absolute Gasteiger partial charge is 0.240 e. The van der Waals surface area contributed by atoms with E-state index in [0.29, 0.717) is 10.9 Å². The third kappa shape index (κ3) is 1.49. The van der Waals surface area contributed by atoms with E-state index in [1.54, 1.807) is 12.3 Å². The van der Waals surface area contributed by atoms with Crippen LogP contribution >= 0.6 is 0 Å². The van der Waals surface area contributed by atoms with Crippen LogP contribution in [0.5, 0.6) is 0 Å². The summed E-state index contributed by atoms with van der Waals surface area (Å²) >= 11 is 0. The average molecular weight is 247 g/mol. The molecule has 2 aromatic heterocycles. The van der Waals surface area contributed by atoms with Crippen molar-refractivity contribution in [2.75, 3.05) is 0 Å². The molecule has 6 heteroatoms. The molecule has 0 bridgehead atoms. The third-order valence-electron chi connectivity index (χ3n) is 2.69. The van der Waals surface area contributed by atoms with Gasteiger partial charge in [-0.15, -0.1) is 0 Å². The molecule has 5 nitrogen and oxygen atoms in total. The van der Waals surface area contributed by atoms with Crippen molar-refractivity contribution in [3.63, 3.8) is 0 Å². The van der Waals surface area contributed by atoms with Gasteiger partial charge in [-0.3, -0.25) is 4.98 Å². The van der Waals surface area contributed by atoms with E-state index in [0.717, 1.165) is 10.9 Å². The fourth-order valence-corrected chi connectivity index (χ4v) is 2.60. The lowest BCUT2D eigenvalue weighted by Crippen LogP contribution is -2.11. The summed E-state index contributed by atoms with van der Waals surface area (Å²) in [6.45, 7) is 0. The Morgan fingerprint density at radius 1 is 1.24 bits per heavy atom. The standard InChI is InChI=1S/C11H9N3O2S/c12-17(15,16)9-6-14-11-8(9)4-3-7-2-1-5-13-10(7)11/h1-6,13H,(H2,12,15,16). The number of sulfonamides is 1. The maximum atomic E-state index is 11.4. The first-order valence-corrected chi connectivity index (χ1v) is 6.49. The zero-order valence-electron chi connectivity index (χ0n) is 8.71. The van der Waals surface area contributed by atoms with Crippen LogP contribution in [0.15, 0.2) is 41.6 Å². The van der Waals surface area contributed by atoms with Crippen LogP contribution in [0.1, 0.15) is 0 Å². The van der Waals surface area contributed by atoms with Gasteiger partial charge >= 0.3 is 0 Å². The topological polar surface area (TPSA) is 88.8 Å². The lowest BCUT2D eigenvalue weighted by Gasteiger charge is -1.99. The molecule has 0 aliphatic carbocycles. The molecule has 0 unspecified atom stereocenters. The molecule has 0 amide bonds. The van der Waals surface area contributed by atoms with E-state index in [1.165, 1.54) is 6.20 Å². The third-order valence-corrected chi connectivity index (χ3v) is 3.63. The van der Waals surface area contributed by atoms with Crippen LogP contribution in [0.4, 0.5) is 0 Å². The molecule has 0 radical (unpaired) electrons. The second-order valence-electron chi connectivity index (χ2n) is 3.76. The predicted octanol–water partition coefficient (Wildman–Crippen LogP) is 1.36. The van der Waals surface area contributed by atoms with Gasteiger partial charge in [-0.2, -0.15) is 0 Å². The van der Waals surface area contributed by atoms with Crippen molar-refractivity contribution in [1.29, 1.82) is 0 Å². The first-order valence-electron chi connectivity index (χ1n) is 4.95. The van der Waals surface area contributed by atoms with Crippen molar-refractivity contribution in [2.24, 2.45) is 5.14 Å². The van der Waals surface area contributed by atoms with Gasteiger partial charge in [0.05, 0.1) is 11.0 Å². The van der Waals surface area contributed by atoms with E-state index in [2.05, 4.69) is 9.97 Å². The van der Waals surface area contributed by atoms with Crippen molar-refractivity contribution >= 4 is 31.8 Å². The van der Waals surface area contributed by atoms with E-state index < -0.39 is 10.0 Å². The van der Waals surface area contributed by atoms with Crippen molar-refractivity contribution < 1.29 is 8.42 Å². The summed E-state index contributed by atoms with van der Waals surface area (Å²) in [6.07, 6.45) is 3.06. The van der Waals surface area contributed by atoms with Gasteiger partial charge in [0.1, 0.15) is 4.90 Å². The minimum atomic E-state index is -3.73. The molecule has 0 saturated carbocycles. The van der Waals surface area contributed by atoms with Crippen LogP contribution < -0.4 is 5.14 Å². The molecule has 17 heavy (non-hydrogen) atoms. The number of pyridine rings is 1. The number of H-pyrrole nitrogens is 1. The van der Waals surface area contributed by atoms with Crippen molar-refractivity contribution in [1.82, 2.24) is 9.97 Å². The van der Waals surface area contributed by atoms with Crippen molar-refractivity contribution in [3.05, 3.63) is 36.7 Å². The van der Waals surface area contributed by atoms with Crippen molar-refractivity contribution in [2.45, 2.75) is 4.90 Å². The Labute approximate surface area is 97.3 Å². The highest BCUT2D eigenvalue weighted by atomic mass is 32.2. The van der Waals surface area contributed by atoms with Gasteiger partial charge in [-0.25, -0.2) is 13.6 Å². The molecule has 0 aliphatic rings. The summed E-state index contributed by atoms with van der Waals surface area (Å²) in [7, 11) is -3.73. The summed E-state index contributed by atoms with van der Waals surface area (Å²) in [4.78, 5) is 7.24. The quantitative estimate of drug-likeness (QED) is 0.680. The van der Waals surface area contributed by atoms with Gasteiger partial charge in [0, 0.05) is 23.2 Å². The maximum absolute atomic E-state index is 11.4. The number of fused-ring (bicyclic) bond motifs is 3. The molecule has 0 fully saturated rings. The summed E-state index contributed by atoms with van der Waals surface area (Å²) in [5, 5.41) is 6.65. The Bertz CT molecular complexity index is 821. The fraction of sp³-hybridized carbons (Fsp3) is 0. The first-order chi connectivity index (χ1) is 8.07. The highest BCUT2D eigenvalue weighted by Crippen LogP contribution is 2.27. The highest BCUT2D eigenvalue weighted by molar-refractivity contribution is 7.89. The number of benzene rings is 1. The number of primary sulfonamides is 1. The number of hydrogen-bond donors (Lipinski definition) is 2. The lowest BCUT2D eigenvalue weighted by molar-refractivity contribution is 0.598. The minimum absolute atomic E-state index is 0.0617. The van der Waals surface area contributed by atoms with E-state index in [-0.39, 0.29) is 4.90 Å². The average Bonchev–Trinajstić information content (AvgIpc) is 2.72. The zero-order chi connectivity index (χ0) is 12.0. The van der Waals surface area contributed by atoms with E-state index in [9.17, 15) is 8.42 Å². The van der Waals surface area contributed by atoms with Crippen molar-refractivity contribution in [3.8, 4) is 0 Å². The second kappa shape index (κ2) is 3.28. The molecule has 2 heterocycles. The van der Waals surface area contributed by atoms with Gasteiger partial charge < -0.3 is 4.98 Å². The number of hydrogen-bond acceptors (Lipinski definition) is 3. The van der Waals surface area contributed by atoms with Crippen LogP contribution in [-0.4, -0.2) is 18.4 Å².